The van der Waals surface area contributed by atoms with Crippen LogP contribution >= 0.6 is 0 Å². The van der Waals surface area contributed by atoms with Crippen molar-refractivity contribution in [1.29, 1.82) is 0 Å². The monoisotopic (exact) mass is 390 g/mol. The van der Waals surface area contributed by atoms with Gasteiger partial charge in [0, 0.05) is 0 Å². The van der Waals surface area contributed by atoms with E-state index >= 15 is 0 Å². The van der Waals surface area contributed by atoms with Crippen LogP contribution in [0.5, 0.6) is 0 Å². The zero-order chi connectivity index (χ0) is 15.9. The molecule has 124 valence electrons. The van der Waals surface area contributed by atoms with Gasteiger partial charge in [0.25, 0.3) is 0 Å². The van der Waals surface area contributed by atoms with Gasteiger partial charge in [0.1, 0.15) is 0 Å². The van der Waals surface area contributed by atoms with Gasteiger partial charge < -0.3 is 24.8 Å². The Hall–Kier alpha value is 0.341. The predicted octanol–water partition coefficient (Wildman–Crippen LogP) is -0.545. The van der Waals surface area contributed by atoms with Gasteiger partial charge in [0.15, 0.2) is 0 Å². The van der Waals surface area contributed by atoms with E-state index in [1.165, 1.54) is 27.8 Å². The van der Waals surface area contributed by atoms with Gasteiger partial charge in [-0.15, -0.1) is 0 Å². The molecule has 4 heteroatoms. The first kappa shape index (κ1) is 27.2. The number of hydrogen-bond acceptors (Lipinski definition) is 0. The molecule has 0 radical (unpaired) electrons. The predicted molar refractivity (Wildman–Crippen MR) is 89.1 cm³/mol. The Balaban J connectivity index is -0.000000249. The van der Waals surface area contributed by atoms with Crippen molar-refractivity contribution in [2.75, 3.05) is 0 Å². The van der Waals surface area contributed by atoms with Crippen molar-refractivity contribution in [3.05, 3.63) is 52.1 Å². The van der Waals surface area contributed by atoms with E-state index in [0.29, 0.717) is 5.92 Å². The molecule has 1 unspecified atom stereocenters. The van der Waals surface area contributed by atoms with Gasteiger partial charge in [-0.25, -0.2) is 17.7 Å². The minimum absolute atomic E-state index is 0. The van der Waals surface area contributed by atoms with E-state index in [1.807, 2.05) is 0 Å². The molecule has 1 aliphatic rings. The van der Waals surface area contributed by atoms with Crippen molar-refractivity contribution < 1.29 is 44.0 Å². The molecule has 1 aromatic rings. The Kier molecular flexibility index (Phi) is 17.0. The minimum atomic E-state index is 0. The molecule has 0 aromatic heterocycles. The number of aryl methyl sites for hydroxylation is 3. The summed E-state index contributed by atoms with van der Waals surface area (Å²) in [5.74, 6) is 0.565. The van der Waals surface area contributed by atoms with Crippen LogP contribution in [0.1, 0.15) is 37.5 Å². The van der Waals surface area contributed by atoms with E-state index in [-0.39, 0.29) is 31.0 Å². The average molecular weight is 391 g/mol. The molecule has 1 aliphatic carbocycles. The van der Waals surface area contributed by atoms with Crippen molar-refractivity contribution in [3.8, 4) is 0 Å². The Morgan fingerprint density at radius 3 is 1.64 bits per heavy atom. The summed E-state index contributed by atoms with van der Waals surface area (Å²) < 4.78 is 0. The van der Waals surface area contributed by atoms with Crippen LogP contribution in [0.2, 0.25) is 13.1 Å². The number of halogens is 2. The normalized spacial score (nSPS) is 14.9. The maximum atomic E-state index is 3.29. The second-order valence-electron chi connectivity index (χ2n) is 5.84. The van der Waals surface area contributed by atoms with E-state index in [9.17, 15) is 0 Å². The van der Waals surface area contributed by atoms with Crippen molar-refractivity contribution in [2.24, 2.45) is 5.92 Å². The Morgan fingerprint density at radius 1 is 1.09 bits per heavy atom. The molecule has 0 saturated heterocycles. The fourth-order valence-corrected chi connectivity index (χ4v) is 1.92. The van der Waals surface area contributed by atoms with Crippen LogP contribution < -0.4 is 24.8 Å². The zero-order valence-corrected chi connectivity index (χ0v) is 19.1. The molecular formula is C18H28Cl2SiTi-2. The van der Waals surface area contributed by atoms with Gasteiger partial charge in [-0.05, 0) is 0 Å². The molecule has 0 N–H and O–H groups in total. The topological polar surface area (TPSA) is 0 Å². The van der Waals surface area contributed by atoms with E-state index in [2.05, 4.69) is 98.1 Å². The fourth-order valence-electron chi connectivity index (χ4n) is 1.92. The largest absolute Gasteiger partial charge is 1.00 e. The summed E-state index contributed by atoms with van der Waals surface area (Å²) in [5.41, 5.74) is 6.91. The van der Waals surface area contributed by atoms with Crippen LogP contribution in [-0.2, 0) is 19.2 Å². The van der Waals surface area contributed by atoms with E-state index in [1.54, 1.807) is 0 Å². The van der Waals surface area contributed by atoms with Gasteiger partial charge in [0.2, 0.25) is 0 Å². The molecule has 0 aliphatic heterocycles. The zero-order valence-electron chi connectivity index (χ0n) is 15.1. The third kappa shape index (κ3) is 12.8. The minimum Gasteiger partial charge on any atom is -1.00 e. The fraction of sp³-hybridized carbons (Fsp3) is 0.500. The van der Waals surface area contributed by atoms with E-state index < -0.39 is 0 Å². The Labute approximate surface area is 162 Å². The molecule has 0 saturated carbocycles. The van der Waals surface area contributed by atoms with Crippen LogP contribution in [0.25, 0.3) is 0 Å². The second kappa shape index (κ2) is 13.8. The number of hydrogen-bond donors (Lipinski definition) is 0. The van der Waals surface area contributed by atoms with Crippen molar-refractivity contribution in [3.63, 3.8) is 0 Å². The summed E-state index contributed by atoms with van der Waals surface area (Å²) in [6.07, 6.45) is 5.60. The summed E-state index contributed by atoms with van der Waals surface area (Å²) in [5, 5.41) is 0. The third-order valence-corrected chi connectivity index (χ3v) is 3.08. The molecule has 0 heterocycles. The standard InChI is InChI=1S/2C8H11.C2H6Si.2ClH.Ti/c2*1-6-4-7(2)8(3)5-6;1-3-2;;;/h4,8H,1-3H3;4-5H,1-3H3;1-2H3;2*1H;/q2*-1;;;;+2/p-2. The molecule has 0 bridgehead atoms. The SMILES string of the molecule is CC1=[C-]C(C)C(C)=C1.C[Si](C)=[Ti+2].Cc1cc(C)c(C)[cH-]1.[Cl-].[Cl-]. The van der Waals surface area contributed by atoms with Crippen LogP contribution in [-0.4, -0.2) is 6.19 Å². The molecule has 0 amide bonds. The smallest absolute Gasteiger partial charge is 0.0632 e. The molecule has 2 rings (SSSR count). The summed E-state index contributed by atoms with van der Waals surface area (Å²) >= 11 is 2.27. The van der Waals surface area contributed by atoms with Crippen LogP contribution in [0.15, 0.2) is 29.4 Å². The summed E-state index contributed by atoms with van der Waals surface area (Å²) in [7, 11) is 0. The first-order valence-electron chi connectivity index (χ1n) is 7.14. The molecular weight excluding hydrogens is 363 g/mol. The average Bonchev–Trinajstić information content (AvgIpc) is 2.70. The summed E-state index contributed by atoms with van der Waals surface area (Å²) in [4.78, 5) is 0. The van der Waals surface area contributed by atoms with Crippen LogP contribution in [0.4, 0.5) is 0 Å². The van der Waals surface area contributed by atoms with Gasteiger partial charge in [0.05, 0.1) is 0 Å². The molecule has 1 aromatic carbocycles. The first-order chi connectivity index (χ1) is 9.13. The first-order valence-corrected chi connectivity index (χ1v) is 12.0. The number of rotatable bonds is 0. The molecule has 22 heavy (non-hydrogen) atoms. The van der Waals surface area contributed by atoms with Crippen molar-refractivity contribution in [1.82, 2.24) is 0 Å². The molecule has 0 nitrogen and oxygen atoms in total. The van der Waals surface area contributed by atoms with E-state index in [0.717, 1.165) is 0 Å². The molecule has 1 atom stereocenters. The quantitative estimate of drug-likeness (QED) is 0.412. The van der Waals surface area contributed by atoms with Gasteiger partial charge in [-0.2, -0.15) is 28.3 Å². The maximum absolute atomic E-state index is 3.29. The summed E-state index contributed by atoms with van der Waals surface area (Å²) in [6.45, 7) is 17.4. The third-order valence-electron chi connectivity index (χ3n) is 3.08. The van der Waals surface area contributed by atoms with E-state index in [4.69, 9.17) is 0 Å². The van der Waals surface area contributed by atoms with Gasteiger partial charge >= 0.3 is 38.5 Å². The van der Waals surface area contributed by atoms with Crippen LogP contribution in [0.3, 0.4) is 0 Å². The number of allylic oxidation sites excluding steroid dienone is 4. The Morgan fingerprint density at radius 2 is 1.55 bits per heavy atom. The molecule has 0 fully saturated rings. The summed E-state index contributed by atoms with van der Waals surface area (Å²) in [6, 6.07) is 4.41. The van der Waals surface area contributed by atoms with Crippen LogP contribution in [0, 0.1) is 32.8 Å². The molecule has 0 spiro atoms. The van der Waals surface area contributed by atoms with Crippen molar-refractivity contribution >= 4 is 6.19 Å². The van der Waals surface area contributed by atoms with Gasteiger partial charge in [-0.3, -0.25) is 6.08 Å². The second-order valence-corrected chi connectivity index (χ2v) is 12.5. The maximum Gasteiger partial charge on any atom is -0.0632 e. The Bertz CT molecular complexity index is 490. The van der Waals surface area contributed by atoms with Crippen molar-refractivity contribution in [2.45, 2.75) is 54.6 Å². The van der Waals surface area contributed by atoms with Gasteiger partial charge in [-0.1, -0.05) is 47.5 Å².